The Hall–Kier alpha value is -2.70. The Morgan fingerprint density at radius 3 is 2.52 bits per heavy atom. The van der Waals surface area contributed by atoms with Crippen molar-refractivity contribution < 1.29 is 14.3 Å². The molecule has 1 fully saturated rings. The first-order valence-electron chi connectivity index (χ1n) is 8.31. The van der Waals surface area contributed by atoms with Gasteiger partial charge < -0.3 is 14.5 Å². The van der Waals surface area contributed by atoms with E-state index in [1.807, 2.05) is 32.9 Å². The molecule has 0 bridgehead atoms. The summed E-state index contributed by atoms with van der Waals surface area (Å²) in [7, 11) is 0. The Labute approximate surface area is 146 Å². The number of amides is 1. The summed E-state index contributed by atoms with van der Waals surface area (Å²) in [6.07, 6.45) is 1.99. The first-order chi connectivity index (χ1) is 11.9. The van der Waals surface area contributed by atoms with Crippen molar-refractivity contribution in [3.8, 4) is 0 Å². The number of carbonyl (C=O) groups excluding carboxylic acids is 2. The van der Waals surface area contributed by atoms with Gasteiger partial charge in [0, 0.05) is 37.1 Å². The Bertz CT molecular complexity index is 792. The van der Waals surface area contributed by atoms with Crippen molar-refractivity contribution in [1.29, 1.82) is 0 Å². The van der Waals surface area contributed by atoms with Crippen LogP contribution in [0.5, 0.6) is 0 Å². The second-order valence-corrected chi connectivity index (χ2v) is 7.01. The lowest BCUT2D eigenvalue weighted by Gasteiger charge is -2.36. The zero-order valence-electron chi connectivity index (χ0n) is 14.7. The van der Waals surface area contributed by atoms with E-state index in [0.29, 0.717) is 37.3 Å². The van der Waals surface area contributed by atoms with Gasteiger partial charge in [0.2, 0.25) is 0 Å². The Kier molecular flexibility index (Phi) is 4.57. The van der Waals surface area contributed by atoms with Crippen molar-refractivity contribution in [2.75, 3.05) is 31.1 Å². The van der Waals surface area contributed by atoms with Gasteiger partial charge in [-0.2, -0.15) is 0 Å². The van der Waals surface area contributed by atoms with Crippen molar-refractivity contribution in [2.45, 2.75) is 26.4 Å². The third kappa shape index (κ3) is 3.70. The molecular formula is C18H22N4O3. The van der Waals surface area contributed by atoms with Crippen molar-refractivity contribution in [3.63, 3.8) is 0 Å². The smallest absolute Gasteiger partial charge is 0.410 e. The number of ether oxygens (including phenoxy) is 1. The lowest BCUT2D eigenvalue weighted by Crippen LogP contribution is -2.50. The molecule has 7 nitrogen and oxygen atoms in total. The average Bonchev–Trinajstić information content (AvgIpc) is 2.59. The summed E-state index contributed by atoms with van der Waals surface area (Å²) in [5.41, 5.74) is 0.702. The van der Waals surface area contributed by atoms with Crippen LogP contribution in [0.1, 0.15) is 31.1 Å². The van der Waals surface area contributed by atoms with Crippen LogP contribution in [0.15, 0.2) is 24.5 Å². The van der Waals surface area contributed by atoms with Crippen LogP contribution in [0.2, 0.25) is 0 Å². The average molecular weight is 342 g/mol. The fourth-order valence-electron chi connectivity index (χ4n) is 2.87. The molecule has 0 aliphatic carbocycles. The maximum Gasteiger partial charge on any atom is 0.410 e. The molecule has 1 saturated heterocycles. The first-order valence-corrected chi connectivity index (χ1v) is 8.31. The van der Waals surface area contributed by atoms with Crippen LogP contribution in [-0.4, -0.2) is 59.0 Å². The Morgan fingerprint density at radius 1 is 1.16 bits per heavy atom. The largest absolute Gasteiger partial charge is 0.444 e. The number of rotatable bonds is 2. The van der Waals surface area contributed by atoms with Gasteiger partial charge in [0.05, 0.1) is 5.52 Å². The van der Waals surface area contributed by atoms with E-state index < -0.39 is 5.60 Å². The second kappa shape index (κ2) is 6.66. The number of nitrogens with zero attached hydrogens (tertiary/aromatic N) is 4. The van der Waals surface area contributed by atoms with Gasteiger partial charge in [-0.25, -0.2) is 14.8 Å². The first kappa shape index (κ1) is 17.1. The summed E-state index contributed by atoms with van der Waals surface area (Å²) in [4.78, 5) is 35.8. The van der Waals surface area contributed by atoms with Crippen molar-refractivity contribution in [2.24, 2.45) is 0 Å². The number of para-hydroxylation sites is 1. The highest BCUT2D eigenvalue weighted by atomic mass is 16.6. The molecule has 0 saturated carbocycles. The standard InChI is InChI=1S/C18H22N4O3/c1-18(2,3)25-17(24)22-9-7-21(8-10-22)16-14-6-4-5-13(11-23)15(14)19-12-20-16/h4-6,11-12H,7-10H2,1-3H3. The zero-order valence-corrected chi connectivity index (χ0v) is 14.7. The number of fused-ring (bicyclic) bond motifs is 1. The second-order valence-electron chi connectivity index (χ2n) is 7.01. The number of anilines is 1. The predicted molar refractivity (Wildman–Crippen MR) is 94.9 cm³/mol. The number of aldehydes is 1. The van der Waals surface area contributed by atoms with E-state index in [-0.39, 0.29) is 6.09 Å². The molecule has 0 spiro atoms. The van der Waals surface area contributed by atoms with Gasteiger partial charge in [0.25, 0.3) is 0 Å². The molecule has 2 heterocycles. The van der Waals surface area contributed by atoms with Gasteiger partial charge in [-0.05, 0) is 32.9 Å². The minimum Gasteiger partial charge on any atom is -0.444 e. The monoisotopic (exact) mass is 342 g/mol. The van der Waals surface area contributed by atoms with E-state index in [0.717, 1.165) is 17.5 Å². The highest BCUT2D eigenvalue weighted by Crippen LogP contribution is 2.25. The maximum absolute atomic E-state index is 12.2. The van der Waals surface area contributed by atoms with Crippen molar-refractivity contribution in [1.82, 2.24) is 14.9 Å². The van der Waals surface area contributed by atoms with Crippen LogP contribution >= 0.6 is 0 Å². The number of benzene rings is 1. The number of carbonyl (C=O) groups is 2. The summed E-state index contributed by atoms with van der Waals surface area (Å²) in [6.45, 7) is 8.01. The van der Waals surface area contributed by atoms with Gasteiger partial charge in [0.1, 0.15) is 17.7 Å². The lowest BCUT2D eigenvalue weighted by molar-refractivity contribution is 0.0240. The molecule has 0 N–H and O–H groups in total. The molecular weight excluding hydrogens is 320 g/mol. The van der Waals surface area contributed by atoms with Crippen LogP contribution < -0.4 is 4.90 Å². The zero-order chi connectivity index (χ0) is 18.0. The van der Waals surface area contributed by atoms with E-state index in [1.54, 1.807) is 11.0 Å². The summed E-state index contributed by atoms with van der Waals surface area (Å²) in [6, 6.07) is 5.49. The van der Waals surface area contributed by atoms with E-state index >= 15 is 0 Å². The van der Waals surface area contributed by atoms with E-state index in [4.69, 9.17) is 4.74 Å². The number of hydrogen-bond acceptors (Lipinski definition) is 6. The molecule has 0 unspecified atom stereocenters. The van der Waals surface area contributed by atoms with Gasteiger partial charge in [-0.15, -0.1) is 0 Å². The topological polar surface area (TPSA) is 75.6 Å². The molecule has 1 aliphatic rings. The molecule has 7 heteroatoms. The Balaban J connectivity index is 1.77. The highest BCUT2D eigenvalue weighted by molar-refractivity contribution is 6.00. The summed E-state index contributed by atoms with van der Waals surface area (Å²) < 4.78 is 5.42. The summed E-state index contributed by atoms with van der Waals surface area (Å²) in [5, 5.41) is 0.845. The number of aromatic nitrogens is 2. The van der Waals surface area contributed by atoms with Crippen LogP contribution in [0.4, 0.5) is 10.6 Å². The van der Waals surface area contributed by atoms with Crippen molar-refractivity contribution >= 4 is 29.1 Å². The lowest BCUT2D eigenvalue weighted by atomic mass is 10.1. The fraction of sp³-hybridized carbons (Fsp3) is 0.444. The van der Waals surface area contributed by atoms with Gasteiger partial charge >= 0.3 is 6.09 Å². The molecule has 1 amide bonds. The third-order valence-corrected chi connectivity index (χ3v) is 4.03. The predicted octanol–water partition coefficient (Wildman–Crippen LogP) is 2.50. The SMILES string of the molecule is CC(C)(C)OC(=O)N1CCN(c2ncnc3c(C=O)cccc23)CC1. The van der Waals surface area contributed by atoms with Gasteiger partial charge in [-0.1, -0.05) is 6.07 Å². The Morgan fingerprint density at radius 2 is 1.88 bits per heavy atom. The maximum atomic E-state index is 12.2. The summed E-state index contributed by atoms with van der Waals surface area (Å²) >= 11 is 0. The molecule has 1 aliphatic heterocycles. The molecule has 3 rings (SSSR count). The minimum absolute atomic E-state index is 0.289. The van der Waals surface area contributed by atoms with Gasteiger partial charge in [0.15, 0.2) is 6.29 Å². The van der Waals surface area contributed by atoms with Gasteiger partial charge in [-0.3, -0.25) is 4.79 Å². The normalized spacial score (nSPS) is 15.3. The minimum atomic E-state index is -0.498. The third-order valence-electron chi connectivity index (χ3n) is 4.03. The van der Waals surface area contributed by atoms with E-state index in [1.165, 1.54) is 6.33 Å². The molecule has 0 atom stereocenters. The van der Waals surface area contributed by atoms with Crippen LogP contribution in [-0.2, 0) is 4.74 Å². The van der Waals surface area contributed by atoms with Crippen LogP contribution in [0.3, 0.4) is 0 Å². The quantitative estimate of drug-likeness (QED) is 0.781. The fourth-order valence-corrected chi connectivity index (χ4v) is 2.87. The highest BCUT2D eigenvalue weighted by Gasteiger charge is 2.27. The number of hydrogen-bond donors (Lipinski definition) is 0. The molecule has 0 radical (unpaired) electrons. The molecule has 1 aromatic carbocycles. The molecule has 1 aromatic heterocycles. The molecule has 25 heavy (non-hydrogen) atoms. The molecule has 2 aromatic rings. The molecule has 132 valence electrons. The van der Waals surface area contributed by atoms with E-state index in [2.05, 4.69) is 14.9 Å². The van der Waals surface area contributed by atoms with Crippen LogP contribution in [0.25, 0.3) is 10.9 Å². The van der Waals surface area contributed by atoms with Crippen LogP contribution in [0, 0.1) is 0 Å². The summed E-state index contributed by atoms with van der Waals surface area (Å²) in [5.74, 6) is 0.789. The number of piperazine rings is 1. The van der Waals surface area contributed by atoms with Crippen molar-refractivity contribution in [3.05, 3.63) is 30.1 Å². The van der Waals surface area contributed by atoms with E-state index in [9.17, 15) is 9.59 Å².